The van der Waals surface area contributed by atoms with E-state index in [0.29, 0.717) is 73.5 Å². The number of fused-ring (bicyclic) bond motifs is 8. The van der Waals surface area contributed by atoms with E-state index >= 15 is 0 Å². The van der Waals surface area contributed by atoms with Gasteiger partial charge in [0, 0.05) is 88.1 Å². The highest BCUT2D eigenvalue weighted by molar-refractivity contribution is 6.07. The van der Waals surface area contributed by atoms with Crippen LogP contribution in [0.2, 0.25) is 0 Å². The van der Waals surface area contributed by atoms with Crippen molar-refractivity contribution in [3.63, 3.8) is 0 Å². The first-order valence-corrected chi connectivity index (χ1v) is 28.0. The number of nitrogens with zero attached hydrogens (tertiary/aromatic N) is 4. The maximum Gasteiger partial charge on any atom is 0.219 e. The van der Waals surface area contributed by atoms with Crippen LogP contribution in [0.1, 0.15) is 33.6 Å². The van der Waals surface area contributed by atoms with Crippen molar-refractivity contribution in [2.75, 3.05) is 28.4 Å². The summed E-state index contributed by atoms with van der Waals surface area (Å²) in [6, 6.07) is 46.3. The zero-order chi connectivity index (χ0) is 60.8. The van der Waals surface area contributed by atoms with Gasteiger partial charge in [-0.15, -0.1) is 0 Å². The Bertz CT molecular complexity index is 4790. The van der Waals surface area contributed by atoms with Gasteiger partial charge in [-0.1, -0.05) is 12.1 Å². The second-order valence-electron chi connectivity index (χ2n) is 21.1. The van der Waals surface area contributed by atoms with Crippen LogP contribution in [0.15, 0.2) is 176 Å². The number of methoxy groups -OCH3 is 4. The SMILES string of the molecule is COc1c(-c2cc(-c3ccc(F)cc3)ccn2)cc2c(cc[n+]3c(C)c4cc(CO)c(CO)cc4cc23)c1OC.COc1c(-c2cc(-c3ccc(F)cc3)nc(-c3ccc(F)cc3)c2)cc2c(cc[n+]3c(C)c4cc(CO)c(CO)cc4cc23)c1OC. The summed E-state index contributed by atoms with van der Waals surface area (Å²) in [5, 5.41) is 47.1. The predicted molar refractivity (Wildman–Crippen MR) is 331 cm³/mol. The lowest BCUT2D eigenvalue weighted by atomic mass is 9.95. The number of aryl methyl sites for hydroxylation is 2. The van der Waals surface area contributed by atoms with Crippen molar-refractivity contribution >= 4 is 54.1 Å². The predicted octanol–water partition coefficient (Wildman–Crippen LogP) is 13.6. The van der Waals surface area contributed by atoms with Crippen molar-refractivity contribution in [3.05, 3.63) is 227 Å². The van der Waals surface area contributed by atoms with E-state index in [2.05, 4.69) is 38.1 Å². The van der Waals surface area contributed by atoms with E-state index in [-0.39, 0.29) is 43.9 Å². The molecule has 12 nitrogen and oxygen atoms in total. The topological polar surface area (TPSA) is 152 Å². The summed E-state index contributed by atoms with van der Waals surface area (Å²) in [4.78, 5) is 9.55. The summed E-state index contributed by atoms with van der Waals surface area (Å²) in [5.74, 6) is 1.25. The molecule has 0 spiro atoms. The summed E-state index contributed by atoms with van der Waals surface area (Å²) in [7, 11) is 6.43. The number of aliphatic hydroxyl groups excluding tert-OH is 4. The number of rotatable bonds is 13. The molecule has 87 heavy (non-hydrogen) atoms. The number of ether oxygens (including phenoxy) is 4. The minimum absolute atomic E-state index is 0.143. The molecule has 7 aromatic carbocycles. The first-order chi connectivity index (χ1) is 42.3. The highest BCUT2D eigenvalue weighted by atomic mass is 19.1. The molecule has 0 atom stereocenters. The van der Waals surface area contributed by atoms with Gasteiger partial charge in [0.1, 0.15) is 17.5 Å². The summed E-state index contributed by atoms with van der Waals surface area (Å²) in [6.45, 7) is 3.41. The molecule has 13 rings (SSSR count). The van der Waals surface area contributed by atoms with Crippen LogP contribution in [0.5, 0.6) is 23.0 Å². The maximum atomic E-state index is 13.9. The molecule has 0 aliphatic carbocycles. The van der Waals surface area contributed by atoms with Gasteiger partial charge < -0.3 is 39.4 Å². The van der Waals surface area contributed by atoms with Crippen LogP contribution >= 0.6 is 0 Å². The molecule has 0 saturated carbocycles. The molecule has 0 saturated heterocycles. The van der Waals surface area contributed by atoms with E-state index < -0.39 is 0 Å². The second-order valence-corrected chi connectivity index (χ2v) is 21.1. The van der Waals surface area contributed by atoms with Crippen molar-refractivity contribution in [2.24, 2.45) is 0 Å². The molecule has 15 heteroatoms. The number of aromatic nitrogens is 4. The van der Waals surface area contributed by atoms with Crippen molar-refractivity contribution in [2.45, 2.75) is 40.3 Å². The van der Waals surface area contributed by atoms with Gasteiger partial charge in [0.2, 0.25) is 11.0 Å². The molecule has 0 radical (unpaired) electrons. The van der Waals surface area contributed by atoms with E-state index in [9.17, 15) is 33.6 Å². The number of benzene rings is 7. The van der Waals surface area contributed by atoms with Crippen LogP contribution in [0, 0.1) is 31.3 Å². The lowest BCUT2D eigenvalue weighted by Crippen LogP contribution is -2.26. The Morgan fingerprint density at radius 1 is 0.368 bits per heavy atom. The zero-order valence-electron chi connectivity index (χ0n) is 48.4. The number of aliphatic hydroxyl groups is 4. The average Bonchev–Trinajstić information content (AvgIpc) is 0.815. The Morgan fingerprint density at radius 3 is 1.18 bits per heavy atom. The number of pyridine rings is 6. The van der Waals surface area contributed by atoms with E-state index in [1.54, 1.807) is 71.0 Å². The fourth-order valence-corrected chi connectivity index (χ4v) is 11.9. The molecule has 0 bridgehead atoms. The minimum Gasteiger partial charge on any atom is -0.492 e. The molecule has 6 aromatic heterocycles. The van der Waals surface area contributed by atoms with Crippen molar-refractivity contribution < 1.29 is 61.3 Å². The highest BCUT2D eigenvalue weighted by Gasteiger charge is 2.27. The lowest BCUT2D eigenvalue weighted by molar-refractivity contribution is -0.517. The van der Waals surface area contributed by atoms with Gasteiger partial charge >= 0.3 is 0 Å². The number of hydrogen-bond acceptors (Lipinski definition) is 10. The smallest absolute Gasteiger partial charge is 0.219 e. The fraction of sp³-hybridized carbons (Fsp3) is 0.139. The average molecular weight is 1170 g/mol. The normalized spacial score (nSPS) is 11.5. The number of hydrogen-bond donors (Lipinski definition) is 4. The minimum atomic E-state index is -0.351. The third-order valence-electron chi connectivity index (χ3n) is 16.4. The van der Waals surface area contributed by atoms with Crippen LogP contribution < -0.4 is 27.7 Å². The molecule has 6 heterocycles. The molecule has 0 aliphatic rings. The monoisotopic (exact) mass is 1160 g/mol. The molecule has 0 amide bonds. The molecule has 0 fully saturated rings. The van der Waals surface area contributed by atoms with Crippen molar-refractivity contribution in [3.8, 4) is 79.0 Å². The van der Waals surface area contributed by atoms with Crippen molar-refractivity contribution in [1.29, 1.82) is 0 Å². The molecule has 0 unspecified atom stereocenters. The third-order valence-corrected chi connectivity index (χ3v) is 16.4. The van der Waals surface area contributed by atoms with Crippen LogP contribution in [-0.4, -0.2) is 58.8 Å². The van der Waals surface area contributed by atoms with E-state index in [1.165, 1.54) is 36.4 Å². The molecule has 0 aliphatic heterocycles. The van der Waals surface area contributed by atoms with Gasteiger partial charge in [-0.25, -0.2) is 18.2 Å². The van der Waals surface area contributed by atoms with Gasteiger partial charge in [-0.2, -0.15) is 8.80 Å². The largest absolute Gasteiger partial charge is 0.492 e. The fourth-order valence-electron chi connectivity index (χ4n) is 11.9. The molecule has 13 aromatic rings. The first kappa shape index (κ1) is 57.4. The summed E-state index contributed by atoms with van der Waals surface area (Å²) >= 11 is 0. The van der Waals surface area contributed by atoms with Crippen molar-refractivity contribution in [1.82, 2.24) is 9.97 Å². The molecular formula is C72H59F3N4O8+2. The summed E-state index contributed by atoms with van der Waals surface area (Å²) in [5.41, 5.74) is 13.9. The Labute approximate surface area is 498 Å². The Balaban J connectivity index is 0.000000172. The molecular weight excluding hydrogens is 1110 g/mol. The highest BCUT2D eigenvalue weighted by Crippen LogP contribution is 2.47. The van der Waals surface area contributed by atoms with Gasteiger partial charge in [-0.3, -0.25) is 4.98 Å². The summed E-state index contributed by atoms with van der Waals surface area (Å²) < 4.78 is 69.3. The van der Waals surface area contributed by atoms with Crippen LogP contribution in [0.25, 0.3) is 110 Å². The number of halogens is 3. The molecule has 434 valence electrons. The van der Waals surface area contributed by atoms with Crippen LogP contribution in [-0.2, 0) is 26.4 Å². The van der Waals surface area contributed by atoms with Gasteiger partial charge in [0.05, 0.1) is 82.7 Å². The van der Waals surface area contributed by atoms with E-state index in [4.69, 9.17) is 23.9 Å². The first-order valence-electron chi connectivity index (χ1n) is 28.0. The van der Waals surface area contributed by atoms with Crippen LogP contribution in [0.3, 0.4) is 0 Å². The van der Waals surface area contributed by atoms with Crippen LogP contribution in [0.4, 0.5) is 13.2 Å². The summed E-state index contributed by atoms with van der Waals surface area (Å²) in [6.07, 6.45) is 5.72. The zero-order valence-corrected chi connectivity index (χ0v) is 48.4. The Morgan fingerprint density at radius 2 is 0.759 bits per heavy atom. The van der Waals surface area contributed by atoms with Gasteiger partial charge in [-0.05, 0) is 171 Å². The Hall–Kier alpha value is -10.0. The lowest BCUT2D eigenvalue weighted by Gasteiger charge is -2.17. The quantitative estimate of drug-likeness (QED) is 0.0499. The second kappa shape index (κ2) is 23.8. The van der Waals surface area contributed by atoms with Gasteiger partial charge in [0.15, 0.2) is 46.8 Å². The van der Waals surface area contributed by atoms with E-state index in [1.807, 2.05) is 86.9 Å². The van der Waals surface area contributed by atoms with E-state index in [0.717, 1.165) is 93.3 Å². The standard InChI is InChI=1S/C39H31F2N2O4.C33H28FN2O4/c1-22-32-15-28(21-45)27(20-44)14-25(32)18-37-34-19-33(39(47-3)38(46-2)31(34)12-13-43(22)37)26-16-35(23-4-8-29(40)9-5-23)42-36(17-26)24-6-10-30(41)11-7-24;1-19-27-13-24(18-38)23(17-37)12-22(27)15-31-28-16-29(33(40-3)32(39-2)26(28)9-11-36(19)31)30-14-21(8-10-35-30)20-4-6-25(34)7-5-20/h4-19,44-45H,20-21H2,1-3H3;4-16,37-38H,17-18H2,1-3H3/q2*+1. The Kier molecular flexibility index (Phi) is 15.7. The van der Waals surface area contributed by atoms with Gasteiger partial charge in [0.25, 0.3) is 0 Å². The third kappa shape index (κ3) is 10.4. The molecule has 4 N–H and O–H groups in total. The maximum absolute atomic E-state index is 13.9.